The molecule has 0 saturated carbocycles. The molecule has 6 rings (SSSR count). The van der Waals surface area contributed by atoms with E-state index in [2.05, 4.69) is 39.9 Å². The molecule has 15 nitrogen and oxygen atoms in total. The maximum absolute atomic E-state index is 11.4. The van der Waals surface area contributed by atoms with Crippen LogP contribution in [0, 0.1) is 6.92 Å². The molecule has 5 N–H and O–H groups in total. The van der Waals surface area contributed by atoms with Gasteiger partial charge in [-0.1, -0.05) is 23.2 Å². The monoisotopic (exact) mass is 658 g/mol. The van der Waals surface area contributed by atoms with E-state index in [0.717, 1.165) is 5.39 Å². The molecule has 0 radical (unpaired) electrons. The minimum Gasteiger partial charge on any atom is -0.505 e. The van der Waals surface area contributed by atoms with E-state index in [1.165, 1.54) is 28.9 Å². The molecule has 0 unspecified atom stereocenters. The number of hydrogen-bond acceptors (Lipinski definition) is 14. The Morgan fingerprint density at radius 1 is 0.913 bits per heavy atom. The zero-order chi connectivity index (χ0) is 32.4. The van der Waals surface area contributed by atoms with Gasteiger partial charge in [-0.15, -0.1) is 19.7 Å². The summed E-state index contributed by atoms with van der Waals surface area (Å²) in [6.45, 7) is 1.68. The molecule has 0 bridgehead atoms. The third-order valence-electron chi connectivity index (χ3n) is 6.77. The quantitative estimate of drug-likeness (QED) is 0.0388. The number of aromatic hydroxyl groups is 1. The number of rotatable bonds is 9. The molecule has 46 heavy (non-hydrogen) atoms. The lowest BCUT2D eigenvalue weighted by molar-refractivity contribution is -0.432. The minimum atomic E-state index is -4.35. The van der Waals surface area contributed by atoms with Crippen molar-refractivity contribution in [1.29, 1.82) is 0 Å². The first-order valence-electron chi connectivity index (χ1n) is 13.2. The Hall–Kier alpha value is -5.30. The third kappa shape index (κ3) is 6.13. The second-order valence-corrected chi connectivity index (χ2v) is 11.8. The number of benzene rings is 4. The largest absolute Gasteiger partial charge is 0.505 e. The van der Waals surface area contributed by atoms with Crippen LogP contribution in [-0.4, -0.2) is 38.1 Å². The number of hydrogen-bond donors (Lipinski definition) is 4. The highest BCUT2D eigenvalue weighted by atomic mass is 32.2. The topological polar surface area (TPSA) is 219 Å². The number of nitrogens with zero attached hydrogens (tertiary/aromatic N) is 7. The first kappa shape index (κ1) is 30.7. The number of aryl methyl sites for hydroxylation is 1. The van der Waals surface area contributed by atoms with Crippen molar-refractivity contribution in [1.82, 2.24) is 14.8 Å². The average molecular weight is 659 g/mol. The molecule has 0 aliphatic rings. The summed E-state index contributed by atoms with van der Waals surface area (Å²) >= 11 is 0.607. The van der Waals surface area contributed by atoms with Gasteiger partial charge in [0, 0.05) is 17.0 Å². The average Bonchev–Trinajstić information content (AvgIpc) is 3.34. The van der Waals surface area contributed by atoms with Gasteiger partial charge < -0.3 is 10.8 Å². The Morgan fingerprint density at radius 3 is 2.43 bits per heavy atom. The van der Waals surface area contributed by atoms with Gasteiger partial charge in [0.2, 0.25) is 0 Å². The molecular weight excluding hydrogens is 637 g/mol. The maximum Gasteiger partial charge on any atom is 0.294 e. The molecule has 2 heterocycles. The van der Waals surface area contributed by atoms with Gasteiger partial charge in [0.15, 0.2) is 17.3 Å². The normalized spacial score (nSPS) is 12.2. The van der Waals surface area contributed by atoms with E-state index in [4.69, 9.17) is 11.0 Å². The van der Waals surface area contributed by atoms with Crippen molar-refractivity contribution in [3.8, 4) is 11.4 Å². The third-order valence-corrected chi connectivity index (χ3v) is 8.25. The van der Waals surface area contributed by atoms with Gasteiger partial charge in [0.1, 0.15) is 11.4 Å². The predicted molar refractivity (Wildman–Crippen MR) is 169 cm³/mol. The van der Waals surface area contributed by atoms with Gasteiger partial charge in [0.05, 0.1) is 44.4 Å². The van der Waals surface area contributed by atoms with Crippen LogP contribution in [0.1, 0.15) is 5.69 Å². The summed E-state index contributed by atoms with van der Waals surface area (Å²) in [5.74, 6) is -0.0566. The second kappa shape index (κ2) is 12.6. The Morgan fingerprint density at radius 2 is 1.67 bits per heavy atom. The summed E-state index contributed by atoms with van der Waals surface area (Å²) in [5.41, 5.74) is 9.06. The van der Waals surface area contributed by atoms with Crippen LogP contribution in [-0.2, 0) is 19.5 Å². The van der Waals surface area contributed by atoms with Gasteiger partial charge in [0.25, 0.3) is 10.1 Å². The van der Waals surface area contributed by atoms with Crippen LogP contribution < -0.4 is 5.73 Å². The van der Waals surface area contributed by atoms with Gasteiger partial charge in [-0.3, -0.25) is 9.54 Å². The van der Waals surface area contributed by atoms with Gasteiger partial charge in [-0.25, -0.2) is 9.94 Å². The molecule has 0 amide bonds. The number of fused-ring (bicyclic) bond motifs is 2. The van der Waals surface area contributed by atoms with E-state index in [1.54, 1.807) is 43.5 Å². The van der Waals surface area contributed by atoms with E-state index < -0.39 is 10.1 Å². The zero-order valence-corrected chi connectivity index (χ0v) is 25.2. The molecule has 232 valence electrons. The number of azo groups is 2. The molecule has 2 aromatic heterocycles. The molecule has 17 heteroatoms. The number of nitrogens with two attached hydrogens (primary N) is 1. The fraction of sp³-hybridized carbons (Fsp3) is 0.0345. The lowest BCUT2D eigenvalue weighted by Gasteiger charge is -2.09. The van der Waals surface area contributed by atoms with Crippen LogP contribution in [0.3, 0.4) is 0 Å². The number of phenols is 1. The first-order chi connectivity index (χ1) is 22.1. The van der Waals surface area contributed by atoms with E-state index in [0.29, 0.717) is 51.1 Å². The lowest BCUT2D eigenvalue weighted by atomic mass is 10.1. The molecule has 0 spiro atoms. The van der Waals surface area contributed by atoms with Crippen molar-refractivity contribution in [3.63, 3.8) is 0 Å². The van der Waals surface area contributed by atoms with E-state index in [9.17, 15) is 18.1 Å². The number of para-hydroxylation sites is 1. The smallest absolute Gasteiger partial charge is 0.294 e. The maximum atomic E-state index is 11.4. The molecule has 0 saturated heterocycles. The second-order valence-electron chi connectivity index (χ2n) is 9.66. The van der Waals surface area contributed by atoms with Gasteiger partial charge in [-0.05, 0) is 73.0 Å². The Labute approximate surface area is 264 Å². The van der Waals surface area contributed by atoms with Crippen molar-refractivity contribution >= 4 is 72.4 Å². The number of nitrogen functional groups attached to an aromatic ring is 1. The molecule has 0 atom stereocenters. The van der Waals surface area contributed by atoms with E-state index >= 15 is 0 Å². The molecule has 0 aliphatic heterocycles. The van der Waals surface area contributed by atoms with Gasteiger partial charge in [-0.2, -0.15) is 18.6 Å². The highest BCUT2D eigenvalue weighted by molar-refractivity contribution is 7.94. The predicted octanol–water partition coefficient (Wildman–Crippen LogP) is 7.68. The van der Waals surface area contributed by atoms with Crippen molar-refractivity contribution in [2.45, 2.75) is 16.7 Å². The van der Waals surface area contributed by atoms with Crippen molar-refractivity contribution < 1.29 is 32.7 Å². The van der Waals surface area contributed by atoms with Crippen LogP contribution in [0.15, 0.2) is 115 Å². The summed E-state index contributed by atoms with van der Waals surface area (Å²) < 4.78 is 38.0. The first-order valence-corrected chi connectivity index (χ1v) is 15.4. The van der Waals surface area contributed by atoms with Crippen molar-refractivity contribution in [2.24, 2.45) is 20.5 Å². The number of anilines is 1. The van der Waals surface area contributed by atoms with E-state index in [-0.39, 0.29) is 32.7 Å². The zero-order valence-electron chi connectivity index (χ0n) is 23.6. The van der Waals surface area contributed by atoms with Crippen LogP contribution in [0.5, 0.6) is 5.75 Å². The fourth-order valence-corrected chi connectivity index (χ4v) is 5.59. The molecule has 0 aliphatic carbocycles. The van der Waals surface area contributed by atoms with Crippen LogP contribution >= 0.6 is 12.0 Å². The van der Waals surface area contributed by atoms with Crippen LogP contribution in [0.4, 0.5) is 28.6 Å². The molecule has 4 aromatic carbocycles. The Balaban J connectivity index is 1.33. The van der Waals surface area contributed by atoms with Crippen LogP contribution in [0.2, 0.25) is 0 Å². The SMILES string of the molecule is Cc1nn(-c2ccc(S(=O)(=O)O)cc2)c(N)c1N=Nc1ccc2c(O)c(N=Nc3cccc4cccnc34)c(SOOO)cc2c1. The van der Waals surface area contributed by atoms with Crippen molar-refractivity contribution in [3.05, 3.63) is 90.8 Å². The summed E-state index contributed by atoms with van der Waals surface area (Å²) in [6.07, 6.45) is 1.65. The molecule has 0 fully saturated rings. The summed E-state index contributed by atoms with van der Waals surface area (Å²) in [4.78, 5) is 4.37. The molecule has 6 aromatic rings. The molecular formula is C29H22N8O7S2. The number of aromatic nitrogens is 3. The Kier molecular flexibility index (Phi) is 8.41. The van der Waals surface area contributed by atoms with Crippen LogP contribution in [0.25, 0.3) is 27.4 Å². The summed E-state index contributed by atoms with van der Waals surface area (Å²) in [7, 11) is -4.35. The minimum absolute atomic E-state index is 0.0669. The highest BCUT2D eigenvalue weighted by Gasteiger charge is 2.18. The lowest BCUT2D eigenvalue weighted by Crippen LogP contribution is -2.03. The summed E-state index contributed by atoms with van der Waals surface area (Å²) in [5, 5.41) is 47.1. The number of pyridine rings is 1. The van der Waals surface area contributed by atoms with Gasteiger partial charge >= 0.3 is 0 Å². The Bertz CT molecular complexity index is 2270. The number of phenolic OH excluding ortho intramolecular Hbond substituents is 1. The highest BCUT2D eigenvalue weighted by Crippen LogP contribution is 2.45. The summed E-state index contributed by atoms with van der Waals surface area (Å²) in [6, 6.07) is 21.1. The fourth-order valence-electron chi connectivity index (χ4n) is 4.61. The standard InChI is InChI=1S/C29H22N8O7S2/c1-16-25(29(30)37(36-16)20-8-10-21(11-9-20)46(40,41)42)34-32-19-7-12-22-18(14-19)15-24(45-44-43-39)27(28(22)38)35-33-23-6-2-4-17-5-3-13-31-26(17)23/h2-15,38-39H,30H2,1H3,(H,40,41,42). The van der Waals surface area contributed by atoms with Crippen molar-refractivity contribution in [2.75, 3.05) is 5.73 Å². The van der Waals surface area contributed by atoms with E-state index in [1.807, 2.05) is 24.3 Å².